The molecule has 14 heavy (non-hydrogen) atoms. The van der Waals surface area contributed by atoms with E-state index < -0.39 is 18.6 Å². The zero-order valence-corrected chi connectivity index (χ0v) is 8.58. The number of nitrogens with two attached hydrogens (primary N) is 1. The van der Waals surface area contributed by atoms with Gasteiger partial charge in [-0.2, -0.15) is 13.2 Å². The topological polar surface area (TPSA) is 26.0 Å². The van der Waals surface area contributed by atoms with Gasteiger partial charge in [0.1, 0.15) is 0 Å². The van der Waals surface area contributed by atoms with Gasteiger partial charge in [-0.25, -0.2) is 0 Å². The molecule has 0 saturated carbocycles. The number of hydrogen-bond donors (Lipinski definition) is 1. The maximum Gasteiger partial charge on any atom is 0.389 e. The Morgan fingerprint density at radius 3 is 2.50 bits per heavy atom. The first-order valence-corrected chi connectivity index (χ1v) is 5.09. The maximum atomic E-state index is 11.9. The van der Waals surface area contributed by atoms with E-state index in [-0.39, 0.29) is 6.42 Å². The molecule has 1 atom stereocenters. The largest absolute Gasteiger partial charge is 0.389 e. The van der Waals surface area contributed by atoms with Crippen LogP contribution in [0.25, 0.3) is 0 Å². The van der Waals surface area contributed by atoms with E-state index in [9.17, 15) is 13.2 Å². The van der Waals surface area contributed by atoms with Crippen molar-refractivity contribution in [2.24, 2.45) is 5.73 Å². The van der Waals surface area contributed by atoms with Crippen LogP contribution in [0.3, 0.4) is 0 Å². The Bertz CT molecular complexity index is 292. The van der Waals surface area contributed by atoms with E-state index in [1.165, 1.54) is 11.3 Å². The lowest BCUT2D eigenvalue weighted by atomic mass is 10.1. The Morgan fingerprint density at radius 1 is 1.43 bits per heavy atom. The molecule has 2 N–H and O–H groups in total. The lowest BCUT2D eigenvalue weighted by Crippen LogP contribution is -2.14. The van der Waals surface area contributed by atoms with Crippen molar-refractivity contribution < 1.29 is 13.2 Å². The second kappa shape index (κ2) is 4.31. The summed E-state index contributed by atoms with van der Waals surface area (Å²) in [5.41, 5.74) is 5.63. The molecular weight excluding hydrogens is 211 g/mol. The van der Waals surface area contributed by atoms with Gasteiger partial charge in [0.2, 0.25) is 0 Å². The molecule has 1 rings (SSSR count). The second-order valence-corrected chi connectivity index (χ2v) is 4.53. The average Bonchev–Trinajstić information content (AvgIpc) is 2.46. The quantitative estimate of drug-likeness (QED) is 0.835. The molecule has 0 bridgehead atoms. The highest BCUT2D eigenvalue weighted by atomic mass is 32.1. The molecule has 0 fully saturated rings. The minimum absolute atomic E-state index is 0.0382. The van der Waals surface area contributed by atoms with E-state index in [1.54, 1.807) is 6.07 Å². The summed E-state index contributed by atoms with van der Waals surface area (Å²) in [7, 11) is 0. The van der Waals surface area contributed by atoms with Crippen LogP contribution in [0.5, 0.6) is 0 Å². The molecule has 0 radical (unpaired) electrons. The molecule has 0 unspecified atom stereocenters. The Kier molecular flexibility index (Phi) is 3.55. The van der Waals surface area contributed by atoms with Crippen molar-refractivity contribution in [1.29, 1.82) is 0 Å². The monoisotopic (exact) mass is 223 g/mol. The van der Waals surface area contributed by atoms with Crippen LogP contribution in [0.4, 0.5) is 13.2 Å². The van der Waals surface area contributed by atoms with Gasteiger partial charge in [-0.15, -0.1) is 11.3 Å². The van der Waals surface area contributed by atoms with Crippen LogP contribution in [0.15, 0.2) is 12.1 Å². The lowest BCUT2D eigenvalue weighted by molar-refractivity contribution is -0.136. The normalized spacial score (nSPS) is 14.4. The maximum absolute atomic E-state index is 11.9. The molecule has 0 saturated heterocycles. The van der Waals surface area contributed by atoms with Crippen molar-refractivity contribution in [3.63, 3.8) is 0 Å². The van der Waals surface area contributed by atoms with Gasteiger partial charge in [0.25, 0.3) is 0 Å². The van der Waals surface area contributed by atoms with Crippen molar-refractivity contribution in [3.8, 4) is 0 Å². The van der Waals surface area contributed by atoms with Crippen molar-refractivity contribution >= 4 is 11.3 Å². The number of alkyl halides is 3. The Hall–Kier alpha value is -0.550. The zero-order valence-electron chi connectivity index (χ0n) is 7.77. The summed E-state index contributed by atoms with van der Waals surface area (Å²) < 4.78 is 35.7. The molecule has 1 aromatic heterocycles. The molecule has 0 aliphatic rings. The number of thiophene rings is 1. The molecule has 1 nitrogen and oxygen atoms in total. The van der Waals surface area contributed by atoms with Crippen LogP contribution >= 0.6 is 11.3 Å². The standard InChI is InChI=1S/C9H12F3NS/c1-6-2-3-8(14-6)7(13)4-5-9(10,11)12/h2-3,7H,4-5,13H2,1H3/t7-/m0/s1. The third-order valence-electron chi connectivity index (χ3n) is 1.87. The molecule has 80 valence electrons. The highest BCUT2D eigenvalue weighted by molar-refractivity contribution is 7.12. The summed E-state index contributed by atoms with van der Waals surface area (Å²) in [5, 5.41) is 0. The number of halogens is 3. The minimum Gasteiger partial charge on any atom is -0.323 e. The van der Waals surface area contributed by atoms with Gasteiger partial charge in [-0.3, -0.25) is 0 Å². The van der Waals surface area contributed by atoms with Crippen LogP contribution in [-0.2, 0) is 0 Å². The highest BCUT2D eigenvalue weighted by Gasteiger charge is 2.27. The van der Waals surface area contributed by atoms with Gasteiger partial charge in [0.15, 0.2) is 0 Å². The molecule has 0 aliphatic carbocycles. The fourth-order valence-electron chi connectivity index (χ4n) is 1.11. The Labute approximate surface area is 84.7 Å². The van der Waals surface area contributed by atoms with Crippen LogP contribution < -0.4 is 5.73 Å². The fourth-order valence-corrected chi connectivity index (χ4v) is 2.03. The molecule has 0 aromatic carbocycles. The molecule has 5 heteroatoms. The zero-order chi connectivity index (χ0) is 10.8. The Morgan fingerprint density at radius 2 is 2.07 bits per heavy atom. The minimum atomic E-state index is -4.11. The van der Waals surface area contributed by atoms with Gasteiger partial charge in [-0.05, 0) is 25.5 Å². The predicted octanol–water partition coefficient (Wildman–Crippen LogP) is 3.40. The van der Waals surface area contributed by atoms with E-state index in [0.29, 0.717) is 0 Å². The summed E-state index contributed by atoms with van der Waals surface area (Å²) in [6.07, 6.45) is -4.96. The number of rotatable bonds is 3. The summed E-state index contributed by atoms with van der Waals surface area (Å²) in [4.78, 5) is 1.90. The van der Waals surface area contributed by atoms with E-state index in [4.69, 9.17) is 5.73 Å². The molecule has 0 amide bonds. The van der Waals surface area contributed by atoms with E-state index in [1.807, 2.05) is 13.0 Å². The van der Waals surface area contributed by atoms with Crippen molar-refractivity contribution in [1.82, 2.24) is 0 Å². The van der Waals surface area contributed by atoms with Crippen LogP contribution in [0.1, 0.15) is 28.6 Å². The van der Waals surface area contributed by atoms with Crippen molar-refractivity contribution in [2.75, 3.05) is 0 Å². The van der Waals surface area contributed by atoms with E-state index in [0.717, 1.165) is 9.75 Å². The molecule has 0 aliphatic heterocycles. The molecule has 0 spiro atoms. The summed E-state index contributed by atoms with van der Waals surface area (Å²) in [6.45, 7) is 1.91. The smallest absolute Gasteiger partial charge is 0.323 e. The van der Waals surface area contributed by atoms with E-state index >= 15 is 0 Å². The summed E-state index contributed by atoms with van der Waals surface area (Å²) in [5.74, 6) is 0. The first kappa shape index (κ1) is 11.5. The molecular formula is C9H12F3NS. The molecule has 1 heterocycles. The van der Waals surface area contributed by atoms with Gasteiger partial charge in [0.05, 0.1) is 0 Å². The average molecular weight is 223 g/mol. The highest BCUT2D eigenvalue weighted by Crippen LogP contribution is 2.29. The lowest BCUT2D eigenvalue weighted by Gasteiger charge is -2.11. The number of hydrogen-bond acceptors (Lipinski definition) is 2. The number of aryl methyl sites for hydroxylation is 1. The van der Waals surface area contributed by atoms with Crippen LogP contribution in [-0.4, -0.2) is 6.18 Å². The van der Waals surface area contributed by atoms with Crippen molar-refractivity contribution in [3.05, 3.63) is 21.9 Å². The first-order chi connectivity index (χ1) is 6.38. The van der Waals surface area contributed by atoms with E-state index in [2.05, 4.69) is 0 Å². The van der Waals surface area contributed by atoms with Gasteiger partial charge in [-0.1, -0.05) is 0 Å². The SMILES string of the molecule is Cc1ccc([C@@H](N)CCC(F)(F)F)s1. The molecule has 1 aromatic rings. The van der Waals surface area contributed by atoms with Gasteiger partial charge >= 0.3 is 6.18 Å². The Balaban J connectivity index is 2.47. The third kappa shape index (κ3) is 3.67. The van der Waals surface area contributed by atoms with Crippen LogP contribution in [0.2, 0.25) is 0 Å². The van der Waals surface area contributed by atoms with Crippen molar-refractivity contribution in [2.45, 2.75) is 32.0 Å². The van der Waals surface area contributed by atoms with Gasteiger partial charge < -0.3 is 5.73 Å². The summed E-state index contributed by atoms with van der Waals surface area (Å²) in [6, 6.07) is 3.17. The van der Waals surface area contributed by atoms with Gasteiger partial charge in [0, 0.05) is 22.2 Å². The predicted molar refractivity (Wildman–Crippen MR) is 51.3 cm³/mol. The summed E-state index contributed by atoms with van der Waals surface area (Å²) >= 11 is 1.45. The third-order valence-corrected chi connectivity index (χ3v) is 3.00. The fraction of sp³-hybridized carbons (Fsp3) is 0.556. The first-order valence-electron chi connectivity index (χ1n) is 4.27. The van der Waals surface area contributed by atoms with Crippen LogP contribution in [0, 0.1) is 6.92 Å². The second-order valence-electron chi connectivity index (χ2n) is 3.21.